The summed E-state index contributed by atoms with van der Waals surface area (Å²) in [7, 11) is 0. The molecule has 2 N–H and O–H groups in total. The Kier molecular flexibility index (Phi) is 22.8. The van der Waals surface area contributed by atoms with Crippen molar-refractivity contribution in [2.24, 2.45) is 11.8 Å². The van der Waals surface area contributed by atoms with E-state index in [4.69, 9.17) is 5.11 Å². The van der Waals surface area contributed by atoms with Gasteiger partial charge in [0.25, 0.3) is 0 Å². The van der Waals surface area contributed by atoms with Crippen LogP contribution in [0.25, 0.3) is 0 Å². The van der Waals surface area contributed by atoms with Crippen LogP contribution in [0, 0.1) is 11.8 Å². The van der Waals surface area contributed by atoms with Crippen LogP contribution in [-0.4, -0.2) is 22.2 Å². The second-order valence-corrected chi connectivity index (χ2v) is 7.83. The Morgan fingerprint density at radius 2 is 1.21 bits per heavy atom. The second-order valence-electron chi connectivity index (χ2n) is 7.83. The summed E-state index contributed by atoms with van der Waals surface area (Å²) in [6.45, 7) is 5.95. The first-order chi connectivity index (χ1) is 13.0. The van der Waals surface area contributed by atoms with Gasteiger partial charge in [0.15, 0.2) is 0 Å². The number of hydrogen-bond donors (Lipinski definition) is 2. The largest absolute Gasteiger partial charge is 1.00 e. The van der Waals surface area contributed by atoms with Crippen molar-refractivity contribution < 1.29 is 50.8 Å². The number of unbranched alkanes of at least 4 members (excludes halogenated alkanes) is 13. The number of hydrogen-bond acceptors (Lipinski definition) is 2. The van der Waals surface area contributed by atoms with Gasteiger partial charge in [-0.25, -0.2) is 0 Å². The first kappa shape index (κ1) is 29.9. The third-order valence-electron chi connectivity index (χ3n) is 5.42. The van der Waals surface area contributed by atoms with Gasteiger partial charge in [-0.15, -0.1) is 6.58 Å². The van der Waals surface area contributed by atoms with E-state index < -0.39 is 17.9 Å². The molecule has 5 heteroatoms. The average Bonchev–Trinajstić information content (AvgIpc) is 2.63. The fraction of sp³-hybridized carbons (Fsp3) is 0.826. The number of carboxylic acids is 2. The molecule has 0 fully saturated rings. The van der Waals surface area contributed by atoms with E-state index in [0.717, 1.165) is 12.8 Å². The van der Waals surface area contributed by atoms with Crippen LogP contribution in [0.3, 0.4) is 0 Å². The van der Waals surface area contributed by atoms with Gasteiger partial charge < -0.3 is 11.6 Å². The van der Waals surface area contributed by atoms with E-state index in [2.05, 4.69) is 13.5 Å². The minimum absolute atomic E-state index is 0. The standard InChI is InChI=1S/C23H42O4.Na.H/c1-3-5-6-7-8-9-10-11-12-13-14-15-16-17-18-20(4-2)21(23(26)27)19-22(24)25;;/h4,20-21H,2-3,5-19H2,1H3,(H,24,25)(H,26,27);;/q;+1;-1. The molecule has 0 saturated carbocycles. The van der Waals surface area contributed by atoms with Crippen LogP contribution in [0.5, 0.6) is 0 Å². The van der Waals surface area contributed by atoms with Crippen LogP contribution < -0.4 is 29.6 Å². The molecule has 0 radical (unpaired) electrons. The maximum atomic E-state index is 11.3. The maximum absolute atomic E-state index is 11.3. The van der Waals surface area contributed by atoms with E-state index in [1.54, 1.807) is 6.08 Å². The molecule has 0 spiro atoms. The predicted octanol–water partition coefficient (Wildman–Crippen LogP) is 3.95. The molecule has 160 valence electrons. The van der Waals surface area contributed by atoms with E-state index in [1.807, 2.05) is 0 Å². The third-order valence-corrected chi connectivity index (χ3v) is 5.42. The molecule has 0 aliphatic carbocycles. The van der Waals surface area contributed by atoms with Crippen LogP contribution in [0.1, 0.15) is 111 Å². The van der Waals surface area contributed by atoms with E-state index in [1.165, 1.54) is 77.0 Å². The molecule has 0 aliphatic rings. The van der Waals surface area contributed by atoms with Crippen molar-refractivity contribution in [1.82, 2.24) is 0 Å². The summed E-state index contributed by atoms with van der Waals surface area (Å²) in [6, 6.07) is 0. The molecular formula is C23H43NaO4. The van der Waals surface area contributed by atoms with E-state index in [-0.39, 0.29) is 43.3 Å². The maximum Gasteiger partial charge on any atom is 1.00 e. The minimum atomic E-state index is -1.06. The zero-order valence-electron chi connectivity index (χ0n) is 19.5. The van der Waals surface area contributed by atoms with Gasteiger partial charge in [0.2, 0.25) is 0 Å². The summed E-state index contributed by atoms with van der Waals surface area (Å²) >= 11 is 0. The van der Waals surface area contributed by atoms with E-state index >= 15 is 0 Å². The Bertz CT molecular complexity index is 404. The van der Waals surface area contributed by atoms with Gasteiger partial charge in [-0.2, -0.15) is 0 Å². The topological polar surface area (TPSA) is 74.6 Å². The quantitative estimate of drug-likeness (QED) is 0.182. The van der Waals surface area contributed by atoms with Crippen LogP contribution in [0.15, 0.2) is 12.7 Å². The van der Waals surface area contributed by atoms with Crippen molar-refractivity contribution in [2.75, 3.05) is 0 Å². The molecule has 0 amide bonds. The average molecular weight is 407 g/mol. The Balaban J connectivity index is -0.00000338. The fourth-order valence-corrected chi connectivity index (χ4v) is 3.67. The number of rotatable bonds is 20. The Labute approximate surface area is 196 Å². The van der Waals surface area contributed by atoms with Gasteiger partial charge >= 0.3 is 41.5 Å². The smallest absolute Gasteiger partial charge is 1.00 e. The first-order valence-electron chi connectivity index (χ1n) is 11.1. The van der Waals surface area contributed by atoms with Crippen molar-refractivity contribution in [1.29, 1.82) is 0 Å². The number of allylic oxidation sites excluding steroid dienone is 1. The van der Waals surface area contributed by atoms with Crippen LogP contribution in [-0.2, 0) is 9.59 Å². The summed E-state index contributed by atoms with van der Waals surface area (Å²) in [6.07, 6.45) is 20.0. The zero-order chi connectivity index (χ0) is 20.3. The van der Waals surface area contributed by atoms with Crippen LogP contribution in [0.2, 0.25) is 0 Å². The van der Waals surface area contributed by atoms with Gasteiger partial charge in [0.1, 0.15) is 0 Å². The Hall–Kier alpha value is -0.320. The number of carbonyl (C=O) groups is 2. The number of carboxylic acid groups (broad SMARTS) is 2. The molecule has 0 rings (SSSR count). The molecule has 0 aromatic carbocycles. The summed E-state index contributed by atoms with van der Waals surface area (Å²) in [5.74, 6) is -3.21. The summed E-state index contributed by atoms with van der Waals surface area (Å²) < 4.78 is 0. The van der Waals surface area contributed by atoms with Crippen molar-refractivity contribution in [2.45, 2.75) is 110 Å². The van der Waals surface area contributed by atoms with E-state index in [9.17, 15) is 14.7 Å². The zero-order valence-corrected chi connectivity index (χ0v) is 20.5. The van der Waals surface area contributed by atoms with Gasteiger partial charge in [0.05, 0.1) is 12.3 Å². The van der Waals surface area contributed by atoms with E-state index in [0.29, 0.717) is 6.42 Å². The Morgan fingerprint density at radius 3 is 1.54 bits per heavy atom. The van der Waals surface area contributed by atoms with Gasteiger partial charge in [-0.3, -0.25) is 9.59 Å². The van der Waals surface area contributed by atoms with Crippen molar-refractivity contribution in [3.05, 3.63) is 12.7 Å². The fourth-order valence-electron chi connectivity index (χ4n) is 3.67. The van der Waals surface area contributed by atoms with Gasteiger partial charge in [0, 0.05) is 0 Å². The Morgan fingerprint density at radius 1 is 0.821 bits per heavy atom. The molecule has 2 unspecified atom stereocenters. The minimum Gasteiger partial charge on any atom is -1.00 e. The molecule has 0 bridgehead atoms. The predicted molar refractivity (Wildman–Crippen MR) is 113 cm³/mol. The molecule has 0 saturated heterocycles. The van der Waals surface area contributed by atoms with Gasteiger partial charge in [-0.1, -0.05) is 103 Å². The van der Waals surface area contributed by atoms with Crippen molar-refractivity contribution >= 4 is 11.9 Å². The second kappa shape index (κ2) is 21.4. The van der Waals surface area contributed by atoms with Gasteiger partial charge in [-0.05, 0) is 12.3 Å². The molecule has 2 atom stereocenters. The molecule has 28 heavy (non-hydrogen) atoms. The molecule has 0 aromatic heterocycles. The molecule has 4 nitrogen and oxygen atoms in total. The normalized spacial score (nSPS) is 12.8. The summed E-state index contributed by atoms with van der Waals surface area (Å²) in [5, 5.41) is 18.1. The SMILES string of the molecule is C=CC(CCCCCCCCCCCCCCCC)C(CC(=O)O)C(=O)O.[H-].[Na+]. The van der Waals surface area contributed by atoms with Crippen LogP contribution >= 0.6 is 0 Å². The first-order valence-corrected chi connectivity index (χ1v) is 11.1. The molecule has 0 aliphatic heterocycles. The van der Waals surface area contributed by atoms with Crippen molar-refractivity contribution in [3.63, 3.8) is 0 Å². The number of aliphatic carboxylic acids is 2. The summed E-state index contributed by atoms with van der Waals surface area (Å²) in [4.78, 5) is 22.1. The molecular weight excluding hydrogens is 363 g/mol. The summed E-state index contributed by atoms with van der Waals surface area (Å²) in [5.41, 5.74) is 0. The third kappa shape index (κ3) is 17.8. The molecule has 0 aromatic rings. The van der Waals surface area contributed by atoms with Crippen molar-refractivity contribution in [3.8, 4) is 0 Å². The monoisotopic (exact) mass is 406 g/mol. The van der Waals surface area contributed by atoms with Crippen LogP contribution in [0.4, 0.5) is 0 Å². The molecule has 0 heterocycles.